The Balaban J connectivity index is 2.34. The molecule has 0 aromatic heterocycles. The fourth-order valence-electron chi connectivity index (χ4n) is 3.50. The van der Waals surface area contributed by atoms with Gasteiger partial charge in [0.25, 0.3) is 0 Å². The summed E-state index contributed by atoms with van der Waals surface area (Å²) in [6.07, 6.45) is 7.26. The van der Waals surface area contributed by atoms with Crippen LogP contribution in [0.2, 0.25) is 0 Å². The minimum absolute atomic E-state index is 0.0119. The molecule has 0 radical (unpaired) electrons. The van der Waals surface area contributed by atoms with Crippen LogP contribution in [0.4, 0.5) is 0 Å². The highest BCUT2D eigenvalue weighted by Gasteiger charge is 2.29. The number of rotatable bonds is 6. The highest BCUT2D eigenvalue weighted by Crippen LogP contribution is 2.46. The van der Waals surface area contributed by atoms with Crippen molar-refractivity contribution in [2.24, 2.45) is 5.92 Å². The number of benzene rings is 1. The van der Waals surface area contributed by atoms with Gasteiger partial charge in [0.2, 0.25) is 0 Å². The smallest absolute Gasteiger partial charge is 0.123 e. The zero-order valence-electron chi connectivity index (χ0n) is 14.1. The third kappa shape index (κ3) is 4.41. The minimum Gasteiger partial charge on any atom is -0.507 e. The van der Waals surface area contributed by atoms with Crippen molar-refractivity contribution in [2.45, 2.75) is 51.9 Å². The fourth-order valence-corrected chi connectivity index (χ4v) is 3.89. The van der Waals surface area contributed by atoms with Gasteiger partial charge in [0.15, 0.2) is 0 Å². The van der Waals surface area contributed by atoms with E-state index in [1.165, 1.54) is 5.57 Å². The Morgan fingerprint density at radius 1 is 1.26 bits per heavy atom. The summed E-state index contributed by atoms with van der Waals surface area (Å²) in [4.78, 5) is 0. The fraction of sp³-hybridized carbons (Fsp3) is 0.500. The molecule has 2 rings (SSSR count). The third-order valence-electron chi connectivity index (χ3n) is 4.76. The predicted octanol–water partition coefficient (Wildman–Crippen LogP) is 5.83. The molecule has 0 heterocycles. The van der Waals surface area contributed by atoms with E-state index in [-0.39, 0.29) is 23.3 Å². The normalized spacial score (nSPS) is 21.1. The SMILES string of the molecule is C=C(C)[C@@H]1CCC(C)=C[C@H]1c1c(O)cc(CCCCBr)cc1O. The third-order valence-corrected chi connectivity index (χ3v) is 5.32. The summed E-state index contributed by atoms with van der Waals surface area (Å²) >= 11 is 3.43. The van der Waals surface area contributed by atoms with E-state index in [9.17, 15) is 10.2 Å². The molecule has 1 aliphatic rings. The zero-order chi connectivity index (χ0) is 17.0. The van der Waals surface area contributed by atoms with E-state index in [0.29, 0.717) is 5.56 Å². The van der Waals surface area contributed by atoms with E-state index in [1.807, 2.05) is 19.1 Å². The Hall–Kier alpha value is -1.22. The summed E-state index contributed by atoms with van der Waals surface area (Å²) in [5.41, 5.74) is 4.07. The molecule has 2 N–H and O–H groups in total. The van der Waals surface area contributed by atoms with Crippen LogP contribution in [0.5, 0.6) is 11.5 Å². The number of phenolic OH excluding ortho intramolecular Hbond substituents is 2. The Labute approximate surface area is 148 Å². The van der Waals surface area contributed by atoms with E-state index in [2.05, 4.69) is 35.5 Å². The number of unbranched alkanes of at least 4 members (excludes halogenated alkanes) is 1. The van der Waals surface area contributed by atoms with Crippen molar-refractivity contribution >= 4 is 15.9 Å². The molecule has 0 fully saturated rings. The van der Waals surface area contributed by atoms with Crippen LogP contribution in [-0.4, -0.2) is 15.5 Å². The van der Waals surface area contributed by atoms with Crippen molar-refractivity contribution in [3.05, 3.63) is 47.1 Å². The van der Waals surface area contributed by atoms with Crippen molar-refractivity contribution in [1.29, 1.82) is 0 Å². The van der Waals surface area contributed by atoms with E-state index < -0.39 is 0 Å². The second-order valence-corrected chi connectivity index (χ2v) is 7.52. The van der Waals surface area contributed by atoms with Gasteiger partial charge in [-0.1, -0.05) is 39.7 Å². The zero-order valence-corrected chi connectivity index (χ0v) is 15.7. The Morgan fingerprint density at radius 3 is 2.48 bits per heavy atom. The highest BCUT2D eigenvalue weighted by atomic mass is 79.9. The van der Waals surface area contributed by atoms with Gasteiger partial charge in [0, 0.05) is 16.8 Å². The molecule has 2 nitrogen and oxygen atoms in total. The molecule has 3 heteroatoms. The maximum Gasteiger partial charge on any atom is 0.123 e. The highest BCUT2D eigenvalue weighted by molar-refractivity contribution is 9.09. The first-order valence-electron chi connectivity index (χ1n) is 8.37. The van der Waals surface area contributed by atoms with Gasteiger partial charge in [-0.15, -0.1) is 0 Å². The first-order valence-corrected chi connectivity index (χ1v) is 9.49. The summed E-state index contributed by atoms with van der Waals surface area (Å²) in [7, 11) is 0. The van der Waals surface area contributed by atoms with Crippen molar-refractivity contribution in [3.63, 3.8) is 0 Å². The number of halogens is 1. The first kappa shape index (κ1) is 18.1. The average Bonchev–Trinajstić information content (AvgIpc) is 2.46. The molecular weight excluding hydrogens is 352 g/mol. The predicted molar refractivity (Wildman–Crippen MR) is 101 cm³/mol. The molecule has 126 valence electrons. The van der Waals surface area contributed by atoms with Crippen LogP contribution >= 0.6 is 15.9 Å². The molecule has 0 unspecified atom stereocenters. The number of aromatic hydroxyl groups is 2. The lowest BCUT2D eigenvalue weighted by Crippen LogP contribution is -2.17. The molecule has 23 heavy (non-hydrogen) atoms. The van der Waals surface area contributed by atoms with E-state index in [0.717, 1.165) is 48.6 Å². The van der Waals surface area contributed by atoms with E-state index in [4.69, 9.17) is 0 Å². The van der Waals surface area contributed by atoms with Crippen LogP contribution in [0.25, 0.3) is 0 Å². The molecule has 0 saturated carbocycles. The Kier molecular flexibility index (Phi) is 6.34. The average molecular weight is 379 g/mol. The lowest BCUT2D eigenvalue weighted by Gasteiger charge is -2.31. The van der Waals surface area contributed by atoms with Crippen LogP contribution in [0.1, 0.15) is 56.6 Å². The molecule has 1 aromatic carbocycles. The van der Waals surface area contributed by atoms with Crippen LogP contribution < -0.4 is 0 Å². The largest absolute Gasteiger partial charge is 0.507 e. The molecular formula is C20H27BrO2. The standard InChI is InChI=1S/C20H27BrO2/c1-13(2)16-8-7-14(3)10-17(16)20-18(22)11-15(12-19(20)23)6-4-5-9-21/h10-12,16-17,22-23H,1,4-9H2,2-3H3/t16-,17+/m0/s1. The maximum absolute atomic E-state index is 10.5. The van der Waals surface area contributed by atoms with Crippen molar-refractivity contribution < 1.29 is 10.2 Å². The van der Waals surface area contributed by atoms with Gasteiger partial charge in [-0.2, -0.15) is 0 Å². The number of alkyl halides is 1. The van der Waals surface area contributed by atoms with Gasteiger partial charge in [0.1, 0.15) is 11.5 Å². The summed E-state index contributed by atoms with van der Waals surface area (Å²) in [5.74, 6) is 0.703. The van der Waals surface area contributed by atoms with Crippen LogP contribution in [-0.2, 0) is 6.42 Å². The maximum atomic E-state index is 10.5. The lowest BCUT2D eigenvalue weighted by molar-refractivity contribution is 0.406. The number of hydrogen-bond acceptors (Lipinski definition) is 2. The number of allylic oxidation sites excluding steroid dienone is 3. The summed E-state index contributed by atoms with van der Waals surface area (Å²) < 4.78 is 0. The van der Waals surface area contributed by atoms with Crippen LogP contribution in [0.3, 0.4) is 0 Å². The summed E-state index contributed by atoms with van der Waals surface area (Å²) in [6, 6.07) is 3.63. The summed E-state index contributed by atoms with van der Waals surface area (Å²) in [6.45, 7) is 8.26. The Morgan fingerprint density at radius 2 is 1.91 bits per heavy atom. The molecule has 2 atom stereocenters. The molecule has 0 aliphatic heterocycles. The summed E-state index contributed by atoms with van der Waals surface area (Å²) in [5, 5.41) is 22.1. The van der Waals surface area contributed by atoms with Crippen molar-refractivity contribution in [2.75, 3.05) is 5.33 Å². The van der Waals surface area contributed by atoms with Gasteiger partial charge in [-0.05, 0) is 69.6 Å². The Bertz CT molecular complexity index is 581. The second-order valence-electron chi connectivity index (χ2n) is 6.72. The second kappa shape index (κ2) is 8.05. The van der Waals surface area contributed by atoms with Gasteiger partial charge in [0.05, 0.1) is 0 Å². The van der Waals surface area contributed by atoms with Gasteiger partial charge >= 0.3 is 0 Å². The monoisotopic (exact) mass is 378 g/mol. The molecule has 0 amide bonds. The molecule has 0 bridgehead atoms. The number of phenols is 2. The topological polar surface area (TPSA) is 40.5 Å². The molecule has 0 saturated heterocycles. The van der Waals surface area contributed by atoms with Crippen LogP contribution in [0, 0.1) is 5.92 Å². The first-order chi connectivity index (χ1) is 10.9. The minimum atomic E-state index is 0.0119. The quantitative estimate of drug-likeness (QED) is 0.371. The van der Waals surface area contributed by atoms with Gasteiger partial charge in [-0.3, -0.25) is 0 Å². The number of aryl methyl sites for hydroxylation is 1. The van der Waals surface area contributed by atoms with E-state index in [1.54, 1.807) is 0 Å². The number of hydrogen-bond donors (Lipinski definition) is 2. The molecule has 0 spiro atoms. The van der Waals surface area contributed by atoms with Crippen molar-refractivity contribution in [1.82, 2.24) is 0 Å². The van der Waals surface area contributed by atoms with Crippen molar-refractivity contribution in [3.8, 4) is 11.5 Å². The molecule has 1 aliphatic carbocycles. The van der Waals surface area contributed by atoms with E-state index >= 15 is 0 Å². The van der Waals surface area contributed by atoms with Gasteiger partial charge in [-0.25, -0.2) is 0 Å². The van der Waals surface area contributed by atoms with Crippen LogP contribution in [0.15, 0.2) is 35.9 Å². The lowest BCUT2D eigenvalue weighted by atomic mass is 9.73. The molecule has 1 aromatic rings. The van der Waals surface area contributed by atoms with Gasteiger partial charge < -0.3 is 10.2 Å².